The molecular weight excluding hydrogens is 232 g/mol. The molecule has 0 saturated carbocycles. The zero-order valence-corrected chi connectivity index (χ0v) is 11.2. The van der Waals surface area contributed by atoms with Crippen molar-refractivity contribution >= 4 is 28.8 Å². The van der Waals surface area contributed by atoms with Gasteiger partial charge in [0.2, 0.25) is 0 Å². The Kier molecular flexibility index (Phi) is 5.10. The van der Waals surface area contributed by atoms with Gasteiger partial charge >= 0.3 is 0 Å². The topological polar surface area (TPSA) is 41.1 Å². The third-order valence-electron chi connectivity index (χ3n) is 2.52. The summed E-state index contributed by atoms with van der Waals surface area (Å²) in [5.74, 6) is 0.0504. The zero-order valence-electron chi connectivity index (χ0n) is 10.4. The highest BCUT2D eigenvalue weighted by atomic mass is 32.1. The monoisotopic (exact) mass is 250 g/mol. The van der Waals surface area contributed by atoms with E-state index < -0.39 is 0 Å². The predicted octanol–water partition coefficient (Wildman–Crippen LogP) is 2.97. The SMILES string of the molecule is CCC(C)NC(=S)Nc1cccc(C(C)=O)c1. The molecule has 3 nitrogen and oxygen atoms in total. The first kappa shape index (κ1) is 13.6. The van der Waals surface area contributed by atoms with Crippen molar-refractivity contribution in [2.75, 3.05) is 5.32 Å². The molecule has 0 fully saturated rings. The predicted molar refractivity (Wildman–Crippen MR) is 75.6 cm³/mol. The second-order valence-corrected chi connectivity index (χ2v) is 4.45. The summed E-state index contributed by atoms with van der Waals surface area (Å²) in [5.41, 5.74) is 1.51. The molecule has 0 spiro atoms. The number of carbonyl (C=O) groups is 1. The number of anilines is 1. The van der Waals surface area contributed by atoms with Gasteiger partial charge in [-0.2, -0.15) is 0 Å². The van der Waals surface area contributed by atoms with E-state index in [0.717, 1.165) is 12.1 Å². The molecule has 92 valence electrons. The Labute approximate surface area is 108 Å². The van der Waals surface area contributed by atoms with Crippen molar-refractivity contribution in [2.24, 2.45) is 0 Å². The molecule has 0 aliphatic heterocycles. The lowest BCUT2D eigenvalue weighted by Gasteiger charge is -2.15. The molecule has 1 aromatic carbocycles. The molecule has 1 atom stereocenters. The Morgan fingerprint density at radius 3 is 2.76 bits per heavy atom. The number of benzene rings is 1. The van der Waals surface area contributed by atoms with Crippen LogP contribution in [0.1, 0.15) is 37.6 Å². The molecule has 17 heavy (non-hydrogen) atoms. The number of Topliss-reactive ketones (excluding diaryl/α,β-unsaturated/α-hetero) is 1. The van der Waals surface area contributed by atoms with Crippen molar-refractivity contribution in [3.63, 3.8) is 0 Å². The van der Waals surface area contributed by atoms with Gasteiger partial charge in [-0.05, 0) is 44.6 Å². The second kappa shape index (κ2) is 6.35. The normalized spacial score (nSPS) is 11.7. The first-order chi connectivity index (χ1) is 8.02. The lowest BCUT2D eigenvalue weighted by molar-refractivity contribution is 0.101. The minimum absolute atomic E-state index is 0.0504. The average Bonchev–Trinajstić information content (AvgIpc) is 2.28. The Bertz CT molecular complexity index is 418. The lowest BCUT2D eigenvalue weighted by Crippen LogP contribution is -2.35. The molecule has 0 aliphatic rings. The molecule has 1 rings (SSSR count). The van der Waals surface area contributed by atoms with Crippen LogP contribution in [0.4, 0.5) is 5.69 Å². The van der Waals surface area contributed by atoms with Gasteiger partial charge in [-0.25, -0.2) is 0 Å². The van der Waals surface area contributed by atoms with Gasteiger partial charge in [-0.3, -0.25) is 4.79 Å². The molecule has 4 heteroatoms. The highest BCUT2D eigenvalue weighted by Gasteiger charge is 2.04. The van der Waals surface area contributed by atoms with Crippen molar-refractivity contribution in [2.45, 2.75) is 33.2 Å². The fraction of sp³-hybridized carbons (Fsp3) is 0.385. The van der Waals surface area contributed by atoms with Gasteiger partial charge in [-0.15, -0.1) is 0 Å². The molecule has 0 bridgehead atoms. The maximum atomic E-state index is 11.2. The van der Waals surface area contributed by atoms with Crippen molar-refractivity contribution in [3.05, 3.63) is 29.8 Å². The number of nitrogens with one attached hydrogen (secondary N) is 2. The van der Waals surface area contributed by atoms with E-state index in [2.05, 4.69) is 24.5 Å². The summed E-state index contributed by atoms with van der Waals surface area (Å²) in [7, 11) is 0. The van der Waals surface area contributed by atoms with Crippen LogP contribution >= 0.6 is 12.2 Å². The highest BCUT2D eigenvalue weighted by molar-refractivity contribution is 7.80. The largest absolute Gasteiger partial charge is 0.360 e. The van der Waals surface area contributed by atoms with Crippen molar-refractivity contribution < 1.29 is 4.79 Å². The third kappa shape index (κ3) is 4.53. The zero-order chi connectivity index (χ0) is 12.8. The first-order valence-corrected chi connectivity index (χ1v) is 6.12. The van der Waals surface area contributed by atoms with Crippen LogP contribution in [0, 0.1) is 0 Å². The Hall–Kier alpha value is -1.42. The van der Waals surface area contributed by atoms with Crippen molar-refractivity contribution in [3.8, 4) is 0 Å². The molecule has 0 aliphatic carbocycles. The number of hydrogen-bond acceptors (Lipinski definition) is 2. The minimum Gasteiger partial charge on any atom is -0.360 e. The smallest absolute Gasteiger partial charge is 0.170 e. The molecule has 0 amide bonds. The molecule has 0 radical (unpaired) electrons. The summed E-state index contributed by atoms with van der Waals surface area (Å²) in [5, 5.41) is 6.82. The van der Waals surface area contributed by atoms with E-state index in [1.54, 1.807) is 19.1 Å². The standard InChI is InChI=1S/C13H18N2OS/c1-4-9(2)14-13(17)15-12-7-5-6-11(8-12)10(3)16/h5-9H,4H2,1-3H3,(H2,14,15,17). The van der Waals surface area contributed by atoms with Gasteiger partial charge in [0.05, 0.1) is 0 Å². The summed E-state index contributed by atoms with van der Waals surface area (Å²) in [6.07, 6.45) is 1.01. The van der Waals surface area contributed by atoms with E-state index in [-0.39, 0.29) is 5.78 Å². The van der Waals surface area contributed by atoms with Crippen LogP contribution in [-0.2, 0) is 0 Å². The van der Waals surface area contributed by atoms with Crippen LogP contribution < -0.4 is 10.6 Å². The van der Waals surface area contributed by atoms with Gasteiger partial charge < -0.3 is 10.6 Å². The van der Waals surface area contributed by atoms with Crippen LogP contribution in [0.3, 0.4) is 0 Å². The maximum Gasteiger partial charge on any atom is 0.170 e. The summed E-state index contributed by atoms with van der Waals surface area (Å²) in [6.45, 7) is 5.71. The number of thiocarbonyl (C=S) groups is 1. The van der Waals surface area contributed by atoms with Crippen LogP contribution in [0.25, 0.3) is 0 Å². The molecule has 1 unspecified atom stereocenters. The molecule has 1 aromatic rings. The second-order valence-electron chi connectivity index (χ2n) is 4.04. The van der Waals surface area contributed by atoms with Crippen molar-refractivity contribution in [1.29, 1.82) is 0 Å². The fourth-order valence-corrected chi connectivity index (χ4v) is 1.63. The van der Waals surface area contributed by atoms with Crippen molar-refractivity contribution in [1.82, 2.24) is 5.32 Å². The van der Waals surface area contributed by atoms with Crippen LogP contribution in [-0.4, -0.2) is 16.9 Å². The summed E-state index contributed by atoms with van der Waals surface area (Å²) in [4.78, 5) is 11.2. The van der Waals surface area contributed by atoms with Gasteiger partial charge in [0.25, 0.3) is 0 Å². The maximum absolute atomic E-state index is 11.2. The van der Waals surface area contributed by atoms with E-state index in [1.165, 1.54) is 0 Å². The number of carbonyl (C=O) groups excluding carboxylic acids is 1. The van der Waals surface area contributed by atoms with E-state index >= 15 is 0 Å². The van der Waals surface area contributed by atoms with E-state index in [9.17, 15) is 4.79 Å². The first-order valence-electron chi connectivity index (χ1n) is 5.71. The summed E-state index contributed by atoms with van der Waals surface area (Å²) < 4.78 is 0. The van der Waals surface area contributed by atoms with Gasteiger partial charge in [0.1, 0.15) is 0 Å². The van der Waals surface area contributed by atoms with E-state index in [4.69, 9.17) is 12.2 Å². The molecular formula is C13H18N2OS. The number of ketones is 1. The Balaban J connectivity index is 2.65. The van der Waals surface area contributed by atoms with Gasteiger partial charge in [0.15, 0.2) is 10.9 Å². The summed E-state index contributed by atoms with van der Waals surface area (Å²) >= 11 is 5.18. The molecule has 0 aromatic heterocycles. The highest BCUT2D eigenvalue weighted by Crippen LogP contribution is 2.11. The Morgan fingerprint density at radius 1 is 1.47 bits per heavy atom. The van der Waals surface area contributed by atoms with E-state index in [0.29, 0.717) is 16.7 Å². The quantitative estimate of drug-likeness (QED) is 0.637. The number of rotatable bonds is 4. The van der Waals surface area contributed by atoms with Gasteiger partial charge in [-0.1, -0.05) is 19.1 Å². The summed E-state index contributed by atoms with van der Waals surface area (Å²) in [6, 6.07) is 7.65. The van der Waals surface area contributed by atoms with Gasteiger partial charge in [0, 0.05) is 17.3 Å². The number of hydrogen-bond donors (Lipinski definition) is 2. The minimum atomic E-state index is 0.0504. The van der Waals surface area contributed by atoms with Crippen LogP contribution in [0.5, 0.6) is 0 Å². The average molecular weight is 250 g/mol. The van der Waals surface area contributed by atoms with Crippen LogP contribution in [0.15, 0.2) is 24.3 Å². The fourth-order valence-electron chi connectivity index (χ4n) is 1.31. The Morgan fingerprint density at radius 2 is 2.18 bits per heavy atom. The molecule has 0 saturated heterocycles. The van der Waals surface area contributed by atoms with E-state index in [1.807, 2.05) is 12.1 Å². The third-order valence-corrected chi connectivity index (χ3v) is 2.74. The van der Waals surface area contributed by atoms with Crippen LogP contribution in [0.2, 0.25) is 0 Å². The molecule has 0 heterocycles. The molecule has 2 N–H and O–H groups in total. The lowest BCUT2D eigenvalue weighted by atomic mass is 10.1.